The lowest BCUT2D eigenvalue weighted by atomic mass is 9.92. The lowest BCUT2D eigenvalue weighted by Crippen LogP contribution is -2.29. The van der Waals surface area contributed by atoms with Crippen molar-refractivity contribution in [3.8, 4) is 0 Å². The molecule has 0 fully saturated rings. The highest BCUT2D eigenvalue weighted by atomic mass is 15.3. The summed E-state index contributed by atoms with van der Waals surface area (Å²) in [5.41, 5.74) is 8.36. The molecular weight excluding hydrogens is 573 g/mol. The molecule has 0 aromatic heterocycles. The summed E-state index contributed by atoms with van der Waals surface area (Å²) in [4.78, 5) is 6.61. The first-order valence-corrected chi connectivity index (χ1v) is 16.9. The lowest BCUT2D eigenvalue weighted by Gasteiger charge is -2.21. The molecule has 0 aliphatic carbocycles. The molecule has 4 heteroatoms. The Labute approximate surface area is 284 Å². The quantitative estimate of drug-likeness (QED) is 0.140. The normalized spacial score (nSPS) is 11.4. The van der Waals surface area contributed by atoms with E-state index in [0.29, 0.717) is 0 Å². The van der Waals surface area contributed by atoms with Gasteiger partial charge in [0.15, 0.2) is 0 Å². The summed E-state index contributed by atoms with van der Waals surface area (Å²) < 4.78 is 0. The standard InChI is InChI=1S/C21H26N2.C18H18.C4H12N2/c1-15-18-8-6-7-9-19(18)16(2)21-12-17(10-11-20(15)21)13-23(5)14-22(3)4;1-4-14-9-10-17-12(2)15-7-5-6-8-16(15)13(3)18(17)11-14;1-5-4-6(2)3/h6-12H,13-14H2,1-5H3;5-11H,4H2,1-3H3;5H,4H2,1-3H3. The van der Waals surface area contributed by atoms with Crippen molar-refractivity contribution in [2.75, 3.05) is 55.6 Å². The first kappa shape index (κ1) is 36.0. The fourth-order valence-corrected chi connectivity index (χ4v) is 6.79. The molecule has 0 amide bonds. The molecule has 0 saturated carbocycles. The molecule has 0 heterocycles. The number of fused-ring (bicyclic) bond motifs is 4. The third kappa shape index (κ3) is 8.57. The van der Waals surface area contributed by atoms with Crippen LogP contribution in [0.2, 0.25) is 0 Å². The van der Waals surface area contributed by atoms with Crippen molar-refractivity contribution in [2.45, 2.75) is 47.6 Å². The van der Waals surface area contributed by atoms with Crippen LogP contribution in [-0.4, -0.2) is 70.3 Å². The van der Waals surface area contributed by atoms with E-state index in [4.69, 9.17) is 0 Å². The molecule has 0 atom stereocenters. The Hall–Kier alpha value is -3.80. The van der Waals surface area contributed by atoms with Gasteiger partial charge in [0.1, 0.15) is 0 Å². The minimum absolute atomic E-state index is 0.958. The third-order valence-corrected chi connectivity index (χ3v) is 9.11. The van der Waals surface area contributed by atoms with Gasteiger partial charge in [-0.05, 0) is 159 Å². The highest BCUT2D eigenvalue weighted by Crippen LogP contribution is 2.34. The number of benzene rings is 6. The maximum Gasteiger partial charge on any atom is 0.0501 e. The van der Waals surface area contributed by atoms with E-state index in [2.05, 4.69) is 161 Å². The van der Waals surface area contributed by atoms with Gasteiger partial charge in [0.2, 0.25) is 0 Å². The van der Waals surface area contributed by atoms with Crippen molar-refractivity contribution >= 4 is 43.1 Å². The first-order valence-electron chi connectivity index (χ1n) is 16.9. The zero-order valence-corrected chi connectivity index (χ0v) is 30.8. The van der Waals surface area contributed by atoms with Crippen LogP contribution < -0.4 is 5.32 Å². The molecule has 0 spiro atoms. The summed E-state index contributed by atoms with van der Waals surface area (Å²) >= 11 is 0. The van der Waals surface area contributed by atoms with Crippen LogP contribution in [0, 0.1) is 27.7 Å². The van der Waals surface area contributed by atoms with Gasteiger partial charge in [0.05, 0.1) is 6.67 Å². The smallest absolute Gasteiger partial charge is 0.0501 e. The zero-order valence-electron chi connectivity index (χ0n) is 30.8. The number of rotatable bonds is 7. The summed E-state index contributed by atoms with van der Waals surface area (Å²) in [5.74, 6) is 0. The molecule has 6 rings (SSSR count). The van der Waals surface area contributed by atoms with E-state index in [-0.39, 0.29) is 0 Å². The van der Waals surface area contributed by atoms with Crippen LogP contribution in [0.4, 0.5) is 0 Å². The summed E-state index contributed by atoms with van der Waals surface area (Å²) in [5, 5.41) is 14.1. The SMILES string of the molecule is CCc1ccc2c(C)c3ccccc3c(C)c2c1.CNCN(C)C.Cc1c2ccccc2c(C)c2cc(CN(C)CN(C)C)ccc12. The predicted octanol–water partition coefficient (Wildman–Crippen LogP) is 9.46. The molecule has 6 aromatic carbocycles. The number of nitrogens with zero attached hydrogens (tertiary/aromatic N) is 3. The molecule has 4 nitrogen and oxygen atoms in total. The fourth-order valence-electron chi connectivity index (χ4n) is 6.79. The van der Waals surface area contributed by atoms with Crippen molar-refractivity contribution in [1.29, 1.82) is 0 Å². The highest BCUT2D eigenvalue weighted by Gasteiger charge is 2.11. The molecule has 6 aromatic rings. The highest BCUT2D eigenvalue weighted by molar-refractivity contribution is 6.06. The number of nitrogens with one attached hydrogen (secondary N) is 1. The molecule has 0 radical (unpaired) electrons. The van der Waals surface area contributed by atoms with Crippen LogP contribution >= 0.6 is 0 Å². The van der Waals surface area contributed by atoms with Gasteiger partial charge >= 0.3 is 0 Å². The Morgan fingerprint density at radius 1 is 0.489 bits per heavy atom. The molecule has 47 heavy (non-hydrogen) atoms. The topological polar surface area (TPSA) is 21.8 Å². The van der Waals surface area contributed by atoms with Crippen LogP contribution in [0.25, 0.3) is 43.1 Å². The Balaban J connectivity index is 0.000000185. The molecule has 0 saturated heterocycles. The fraction of sp³-hybridized carbons (Fsp3) is 0.349. The van der Waals surface area contributed by atoms with Crippen molar-refractivity contribution in [2.24, 2.45) is 0 Å². The molecule has 0 unspecified atom stereocenters. The van der Waals surface area contributed by atoms with Gasteiger partial charge in [-0.3, -0.25) is 14.7 Å². The average molecular weight is 629 g/mol. The number of hydrogen-bond acceptors (Lipinski definition) is 4. The summed E-state index contributed by atoms with van der Waals surface area (Å²) in [6, 6.07) is 31.3. The lowest BCUT2D eigenvalue weighted by molar-refractivity contribution is 0.204. The van der Waals surface area contributed by atoms with E-state index >= 15 is 0 Å². The Kier molecular flexibility index (Phi) is 12.5. The minimum atomic E-state index is 0.958. The van der Waals surface area contributed by atoms with Crippen molar-refractivity contribution in [3.05, 3.63) is 118 Å². The molecule has 0 bridgehead atoms. The Morgan fingerprint density at radius 3 is 1.23 bits per heavy atom. The van der Waals surface area contributed by atoms with Crippen LogP contribution in [0.3, 0.4) is 0 Å². The zero-order chi connectivity index (χ0) is 34.2. The van der Waals surface area contributed by atoms with E-state index < -0.39 is 0 Å². The Bertz CT molecular complexity index is 1950. The van der Waals surface area contributed by atoms with Crippen LogP contribution in [0.1, 0.15) is 40.3 Å². The minimum Gasteiger partial charge on any atom is -0.307 e. The second-order valence-corrected chi connectivity index (χ2v) is 13.5. The number of aryl methyl sites for hydroxylation is 5. The molecule has 0 aliphatic heterocycles. The molecule has 0 aliphatic rings. The van der Waals surface area contributed by atoms with Gasteiger partial charge < -0.3 is 5.32 Å². The molecule has 1 N–H and O–H groups in total. The number of hydrogen-bond donors (Lipinski definition) is 1. The molecule has 248 valence electrons. The first-order chi connectivity index (χ1) is 22.5. The maximum absolute atomic E-state index is 2.99. The average Bonchev–Trinajstić information content (AvgIpc) is 3.06. The summed E-state index contributed by atoms with van der Waals surface area (Å²) in [6.07, 6.45) is 1.10. The van der Waals surface area contributed by atoms with Crippen molar-refractivity contribution in [3.63, 3.8) is 0 Å². The van der Waals surface area contributed by atoms with Crippen LogP contribution in [0.15, 0.2) is 84.9 Å². The van der Waals surface area contributed by atoms with Gasteiger partial charge in [-0.15, -0.1) is 0 Å². The van der Waals surface area contributed by atoms with E-state index in [9.17, 15) is 0 Å². The monoisotopic (exact) mass is 628 g/mol. The van der Waals surface area contributed by atoms with Gasteiger partial charge in [0.25, 0.3) is 0 Å². The van der Waals surface area contributed by atoms with Gasteiger partial charge in [0, 0.05) is 13.2 Å². The van der Waals surface area contributed by atoms with E-state index in [1.54, 1.807) is 0 Å². The van der Waals surface area contributed by atoms with Gasteiger partial charge in [-0.2, -0.15) is 0 Å². The predicted molar refractivity (Wildman–Crippen MR) is 209 cm³/mol. The van der Waals surface area contributed by atoms with Crippen LogP contribution in [-0.2, 0) is 13.0 Å². The largest absolute Gasteiger partial charge is 0.307 e. The van der Waals surface area contributed by atoms with Crippen molar-refractivity contribution in [1.82, 2.24) is 20.0 Å². The maximum atomic E-state index is 2.99. The third-order valence-electron chi connectivity index (χ3n) is 9.11. The van der Waals surface area contributed by atoms with E-state index in [1.807, 2.05) is 21.1 Å². The second-order valence-electron chi connectivity index (χ2n) is 13.5. The van der Waals surface area contributed by atoms with Gasteiger partial charge in [-0.1, -0.05) is 85.8 Å². The summed E-state index contributed by atoms with van der Waals surface area (Å²) in [7, 11) is 12.4. The molecular formula is C43H56N4. The van der Waals surface area contributed by atoms with E-state index in [1.165, 1.54) is 76.5 Å². The Morgan fingerprint density at radius 2 is 0.872 bits per heavy atom. The van der Waals surface area contributed by atoms with Crippen molar-refractivity contribution < 1.29 is 0 Å². The van der Waals surface area contributed by atoms with E-state index in [0.717, 1.165) is 26.3 Å². The van der Waals surface area contributed by atoms with Crippen LogP contribution in [0.5, 0.6) is 0 Å². The summed E-state index contributed by atoms with van der Waals surface area (Å²) in [6.45, 7) is 14.1. The van der Waals surface area contributed by atoms with Gasteiger partial charge in [-0.25, -0.2) is 0 Å². The second kappa shape index (κ2) is 16.3.